The first-order valence-corrected chi connectivity index (χ1v) is 6.70. The second-order valence-electron chi connectivity index (χ2n) is 4.13. The van der Waals surface area contributed by atoms with Crippen LogP contribution in [-0.2, 0) is 11.3 Å². The monoisotopic (exact) mass is 302 g/mol. The van der Waals surface area contributed by atoms with Crippen LogP contribution in [0, 0.1) is 4.64 Å². The van der Waals surface area contributed by atoms with Crippen molar-refractivity contribution in [2.45, 2.75) is 38.2 Å². The summed E-state index contributed by atoms with van der Waals surface area (Å²) in [7, 11) is 1.68. The highest BCUT2D eigenvalue weighted by molar-refractivity contribution is 9.10. The number of aromatic amines is 1. The molecule has 1 aliphatic rings. The summed E-state index contributed by atoms with van der Waals surface area (Å²) in [6.45, 7) is 0.534. The van der Waals surface area contributed by atoms with Gasteiger partial charge in [0.25, 0.3) is 0 Å². The first kappa shape index (κ1) is 12.2. The van der Waals surface area contributed by atoms with Crippen molar-refractivity contribution in [1.82, 2.24) is 9.97 Å². The van der Waals surface area contributed by atoms with Crippen LogP contribution >= 0.6 is 28.1 Å². The van der Waals surface area contributed by atoms with Crippen molar-refractivity contribution in [1.29, 1.82) is 0 Å². The Morgan fingerprint density at radius 3 is 2.81 bits per heavy atom. The molecule has 0 radical (unpaired) electrons. The molecule has 16 heavy (non-hydrogen) atoms. The lowest BCUT2D eigenvalue weighted by Gasteiger charge is -2.12. The molecule has 1 aliphatic carbocycles. The van der Waals surface area contributed by atoms with Crippen LogP contribution in [0.3, 0.4) is 0 Å². The van der Waals surface area contributed by atoms with E-state index in [0.29, 0.717) is 17.2 Å². The molecule has 1 saturated carbocycles. The number of methoxy groups -OCH3 is 1. The van der Waals surface area contributed by atoms with E-state index in [9.17, 15) is 0 Å². The van der Waals surface area contributed by atoms with Gasteiger partial charge in [-0.05, 0) is 28.8 Å². The topological polar surface area (TPSA) is 37.9 Å². The Bertz CT molecular complexity index is 426. The van der Waals surface area contributed by atoms with E-state index in [1.165, 1.54) is 25.7 Å². The molecule has 0 atom stereocenters. The van der Waals surface area contributed by atoms with Crippen LogP contribution in [0.1, 0.15) is 43.1 Å². The first-order valence-electron chi connectivity index (χ1n) is 5.50. The highest BCUT2D eigenvalue weighted by Crippen LogP contribution is 2.32. The van der Waals surface area contributed by atoms with Crippen LogP contribution in [0.2, 0.25) is 0 Å². The number of aromatic nitrogens is 2. The second kappa shape index (κ2) is 5.38. The summed E-state index contributed by atoms with van der Waals surface area (Å²) >= 11 is 8.69. The highest BCUT2D eigenvalue weighted by Gasteiger charge is 2.20. The molecule has 0 bridgehead atoms. The summed E-state index contributed by atoms with van der Waals surface area (Å²) < 4.78 is 6.63. The predicted octanol–water partition coefficient (Wildman–Crippen LogP) is 3.71. The molecule has 1 aromatic heterocycles. The van der Waals surface area contributed by atoms with Crippen molar-refractivity contribution < 1.29 is 4.74 Å². The zero-order chi connectivity index (χ0) is 11.5. The number of hydrogen-bond acceptors (Lipinski definition) is 3. The Morgan fingerprint density at radius 1 is 1.50 bits per heavy atom. The van der Waals surface area contributed by atoms with Gasteiger partial charge in [-0.1, -0.05) is 25.1 Å². The molecule has 3 nitrogen and oxygen atoms in total. The Balaban J connectivity index is 2.35. The van der Waals surface area contributed by atoms with Crippen molar-refractivity contribution in [2.24, 2.45) is 0 Å². The summed E-state index contributed by atoms with van der Waals surface area (Å²) in [5.41, 5.74) is 0.990. The number of ether oxygens (including phenoxy) is 1. The number of nitrogens with zero attached hydrogens (tertiary/aromatic N) is 1. The standard InChI is InChI=1S/C11H15BrN2OS/c1-15-6-8-9(12)11(16)14-10(13-8)7-4-2-3-5-7/h7H,2-6H2,1H3,(H,13,14,16). The maximum atomic E-state index is 5.24. The van der Waals surface area contributed by atoms with Gasteiger partial charge >= 0.3 is 0 Å². The maximum Gasteiger partial charge on any atom is 0.144 e. The molecule has 2 rings (SSSR count). The van der Waals surface area contributed by atoms with Crippen LogP contribution in [0.5, 0.6) is 0 Å². The molecule has 5 heteroatoms. The molecule has 0 aliphatic heterocycles. The average Bonchev–Trinajstić information content (AvgIpc) is 2.78. The van der Waals surface area contributed by atoms with Gasteiger partial charge in [-0.25, -0.2) is 4.98 Å². The first-order chi connectivity index (χ1) is 7.72. The molecular formula is C11H15BrN2OS. The lowest BCUT2D eigenvalue weighted by molar-refractivity contribution is 0.180. The minimum Gasteiger partial charge on any atom is -0.378 e. The smallest absolute Gasteiger partial charge is 0.144 e. The van der Waals surface area contributed by atoms with Crippen LogP contribution in [0.25, 0.3) is 0 Å². The third-order valence-electron chi connectivity index (χ3n) is 2.98. The number of nitrogens with one attached hydrogen (secondary N) is 1. The van der Waals surface area contributed by atoms with E-state index in [2.05, 4.69) is 25.9 Å². The number of halogens is 1. The van der Waals surface area contributed by atoms with Crippen LogP contribution in [0.4, 0.5) is 0 Å². The Labute approximate surface area is 109 Å². The molecule has 0 spiro atoms. The molecule has 1 aromatic rings. The molecule has 0 aromatic carbocycles. The molecular weight excluding hydrogens is 288 g/mol. The largest absolute Gasteiger partial charge is 0.378 e. The highest BCUT2D eigenvalue weighted by atomic mass is 79.9. The third kappa shape index (κ3) is 2.52. The van der Waals surface area contributed by atoms with Crippen molar-refractivity contribution >= 4 is 28.1 Å². The van der Waals surface area contributed by atoms with Crippen LogP contribution < -0.4 is 0 Å². The number of rotatable bonds is 3. The van der Waals surface area contributed by atoms with Gasteiger partial charge in [0, 0.05) is 13.0 Å². The van der Waals surface area contributed by atoms with Gasteiger partial charge in [0.1, 0.15) is 10.5 Å². The van der Waals surface area contributed by atoms with Crippen molar-refractivity contribution in [2.75, 3.05) is 7.11 Å². The molecule has 1 fully saturated rings. The van der Waals surface area contributed by atoms with Crippen molar-refractivity contribution in [3.63, 3.8) is 0 Å². The van der Waals surface area contributed by atoms with Gasteiger partial charge in [0.2, 0.25) is 0 Å². The minimum atomic E-state index is 0.534. The van der Waals surface area contributed by atoms with Gasteiger partial charge in [-0.15, -0.1) is 0 Å². The molecule has 0 saturated heterocycles. The third-order valence-corrected chi connectivity index (χ3v) is 4.40. The summed E-state index contributed by atoms with van der Waals surface area (Å²) in [6.07, 6.45) is 5.02. The van der Waals surface area contributed by atoms with E-state index in [1.807, 2.05) is 0 Å². The van der Waals surface area contributed by atoms with E-state index < -0.39 is 0 Å². The summed E-state index contributed by atoms with van der Waals surface area (Å²) in [6, 6.07) is 0. The van der Waals surface area contributed by atoms with E-state index in [4.69, 9.17) is 17.0 Å². The SMILES string of the molecule is COCc1[nH]c(C2CCCC2)nc(=S)c1Br. The quantitative estimate of drug-likeness (QED) is 0.865. The molecule has 1 heterocycles. The van der Waals surface area contributed by atoms with Gasteiger partial charge in [0.15, 0.2) is 0 Å². The zero-order valence-electron chi connectivity index (χ0n) is 9.25. The normalized spacial score (nSPS) is 16.9. The summed E-state index contributed by atoms with van der Waals surface area (Å²) in [5.74, 6) is 1.57. The number of hydrogen-bond donors (Lipinski definition) is 1. The van der Waals surface area contributed by atoms with Crippen LogP contribution in [-0.4, -0.2) is 17.1 Å². The number of H-pyrrole nitrogens is 1. The second-order valence-corrected chi connectivity index (χ2v) is 5.31. The lowest BCUT2D eigenvalue weighted by atomic mass is 10.1. The Hall–Kier alpha value is -0.260. The van der Waals surface area contributed by atoms with Gasteiger partial charge in [-0.3, -0.25) is 0 Å². The Kier molecular flexibility index (Phi) is 4.10. The van der Waals surface area contributed by atoms with E-state index in [-0.39, 0.29) is 0 Å². The summed E-state index contributed by atoms with van der Waals surface area (Å²) in [4.78, 5) is 7.80. The zero-order valence-corrected chi connectivity index (χ0v) is 11.7. The van der Waals surface area contributed by atoms with Crippen LogP contribution in [0.15, 0.2) is 4.47 Å². The van der Waals surface area contributed by atoms with E-state index in [0.717, 1.165) is 16.0 Å². The van der Waals surface area contributed by atoms with E-state index in [1.54, 1.807) is 7.11 Å². The Morgan fingerprint density at radius 2 is 2.19 bits per heavy atom. The molecule has 1 N–H and O–H groups in total. The molecule has 0 unspecified atom stereocenters. The summed E-state index contributed by atoms with van der Waals surface area (Å²) in [5, 5.41) is 0. The van der Waals surface area contributed by atoms with Gasteiger partial charge < -0.3 is 9.72 Å². The maximum absolute atomic E-state index is 5.24. The van der Waals surface area contributed by atoms with Gasteiger partial charge in [-0.2, -0.15) is 0 Å². The molecule has 88 valence electrons. The lowest BCUT2D eigenvalue weighted by Crippen LogP contribution is -2.06. The van der Waals surface area contributed by atoms with E-state index >= 15 is 0 Å². The minimum absolute atomic E-state index is 0.534. The fourth-order valence-electron chi connectivity index (χ4n) is 2.16. The molecule has 0 amide bonds. The fourth-order valence-corrected chi connectivity index (χ4v) is 2.69. The van der Waals surface area contributed by atoms with Crippen molar-refractivity contribution in [3.05, 3.63) is 20.6 Å². The fraction of sp³-hybridized carbons (Fsp3) is 0.636. The van der Waals surface area contributed by atoms with Crippen molar-refractivity contribution in [3.8, 4) is 0 Å². The predicted molar refractivity (Wildman–Crippen MR) is 69.0 cm³/mol. The van der Waals surface area contributed by atoms with Gasteiger partial charge in [0.05, 0.1) is 16.8 Å². The average molecular weight is 303 g/mol.